The Hall–Kier alpha value is -1.39. The van der Waals surface area contributed by atoms with Crippen LogP contribution in [0.3, 0.4) is 0 Å². The minimum atomic E-state index is -1.25. The number of amides is 1. The topological polar surface area (TPSA) is 52.9 Å². The molecule has 5 heteroatoms. The van der Waals surface area contributed by atoms with Crippen molar-refractivity contribution in [2.75, 3.05) is 0 Å². The molecule has 1 unspecified atom stereocenters. The third-order valence-corrected chi connectivity index (χ3v) is 2.85. The van der Waals surface area contributed by atoms with Crippen LogP contribution in [0.2, 0.25) is 5.02 Å². The van der Waals surface area contributed by atoms with Gasteiger partial charge in [0.2, 0.25) is 0 Å². The molecule has 17 heavy (non-hydrogen) atoms. The molecule has 0 saturated heterocycles. The van der Waals surface area contributed by atoms with Gasteiger partial charge in [-0.1, -0.05) is 11.6 Å². The van der Waals surface area contributed by atoms with Gasteiger partial charge in [-0.15, -0.1) is 0 Å². The van der Waals surface area contributed by atoms with Crippen molar-refractivity contribution in [2.45, 2.75) is 26.0 Å². The molecular formula is C12H13ClN2O2. The first-order valence-electron chi connectivity index (χ1n) is 5.27. The third kappa shape index (κ3) is 2.33. The monoisotopic (exact) mass is 252 g/mol. The zero-order valence-corrected chi connectivity index (χ0v) is 10.4. The first-order chi connectivity index (χ1) is 7.90. The number of halogens is 1. The summed E-state index contributed by atoms with van der Waals surface area (Å²) in [6, 6.07) is 6.50. The molecule has 1 heterocycles. The summed E-state index contributed by atoms with van der Waals surface area (Å²) in [7, 11) is 0. The maximum Gasteiger partial charge on any atom is 0.276 e. The summed E-state index contributed by atoms with van der Waals surface area (Å²) in [6.45, 7) is 3.35. The average molecular weight is 253 g/mol. The summed E-state index contributed by atoms with van der Waals surface area (Å²) in [5.74, 6) is -0.330. The maximum atomic E-state index is 12.1. The van der Waals surface area contributed by atoms with E-state index in [2.05, 4.69) is 5.10 Å². The van der Waals surface area contributed by atoms with Crippen molar-refractivity contribution in [3.63, 3.8) is 0 Å². The minimum Gasteiger partial charge on any atom is -0.369 e. The van der Waals surface area contributed by atoms with Gasteiger partial charge in [-0.25, -0.2) is 0 Å². The summed E-state index contributed by atoms with van der Waals surface area (Å²) in [6.07, 6.45) is 0.367. The summed E-state index contributed by atoms with van der Waals surface area (Å²) in [5.41, 5.74) is -0.0636. The lowest BCUT2D eigenvalue weighted by Crippen LogP contribution is -2.43. The number of carbonyl (C=O) groups excluding carboxylic acids is 1. The minimum absolute atomic E-state index is 0.330. The van der Waals surface area contributed by atoms with Crippen molar-refractivity contribution in [3.05, 3.63) is 34.9 Å². The van der Waals surface area contributed by atoms with Crippen LogP contribution in [-0.2, 0) is 0 Å². The fraction of sp³-hybridized carbons (Fsp3) is 0.333. The van der Waals surface area contributed by atoms with Crippen LogP contribution in [0.15, 0.2) is 29.4 Å². The largest absolute Gasteiger partial charge is 0.369 e. The van der Waals surface area contributed by atoms with Crippen molar-refractivity contribution < 1.29 is 9.90 Å². The molecule has 1 aromatic carbocycles. The zero-order valence-electron chi connectivity index (χ0n) is 9.64. The Morgan fingerprint density at radius 2 is 2.06 bits per heavy atom. The van der Waals surface area contributed by atoms with E-state index >= 15 is 0 Å². The van der Waals surface area contributed by atoms with Crippen molar-refractivity contribution in [3.8, 4) is 0 Å². The van der Waals surface area contributed by atoms with Crippen LogP contribution in [0.4, 0.5) is 0 Å². The van der Waals surface area contributed by atoms with Gasteiger partial charge in [-0.2, -0.15) is 10.1 Å². The second-order valence-electron chi connectivity index (χ2n) is 4.35. The Balaban J connectivity index is 2.29. The van der Waals surface area contributed by atoms with E-state index in [-0.39, 0.29) is 5.91 Å². The van der Waals surface area contributed by atoms with Gasteiger partial charge in [0.15, 0.2) is 5.72 Å². The van der Waals surface area contributed by atoms with E-state index < -0.39 is 5.72 Å². The van der Waals surface area contributed by atoms with E-state index in [1.165, 1.54) is 0 Å². The normalized spacial score (nSPS) is 23.8. The molecule has 4 nitrogen and oxygen atoms in total. The van der Waals surface area contributed by atoms with E-state index in [9.17, 15) is 9.90 Å². The number of rotatable bonds is 1. The van der Waals surface area contributed by atoms with Crippen LogP contribution in [0, 0.1) is 0 Å². The van der Waals surface area contributed by atoms with Crippen molar-refractivity contribution >= 4 is 23.2 Å². The van der Waals surface area contributed by atoms with Crippen LogP contribution in [-0.4, -0.2) is 27.5 Å². The van der Waals surface area contributed by atoms with Gasteiger partial charge < -0.3 is 5.11 Å². The summed E-state index contributed by atoms with van der Waals surface area (Å²) < 4.78 is 0. The quantitative estimate of drug-likeness (QED) is 0.834. The predicted molar refractivity (Wildman–Crippen MR) is 66.0 cm³/mol. The number of aliphatic hydroxyl groups is 1. The van der Waals surface area contributed by atoms with Crippen LogP contribution < -0.4 is 0 Å². The molecule has 0 radical (unpaired) electrons. The summed E-state index contributed by atoms with van der Waals surface area (Å²) in [5, 5.41) is 15.8. The van der Waals surface area contributed by atoms with E-state index in [0.29, 0.717) is 17.0 Å². The molecule has 0 aliphatic carbocycles. The molecule has 0 spiro atoms. The zero-order chi connectivity index (χ0) is 12.6. The molecule has 90 valence electrons. The van der Waals surface area contributed by atoms with Crippen molar-refractivity contribution in [1.29, 1.82) is 0 Å². The summed E-state index contributed by atoms with van der Waals surface area (Å²) in [4.78, 5) is 12.1. The lowest BCUT2D eigenvalue weighted by Gasteiger charge is -2.26. The molecule has 0 saturated carbocycles. The van der Waals surface area contributed by atoms with Crippen LogP contribution in [0.25, 0.3) is 0 Å². The van der Waals surface area contributed by atoms with Crippen LogP contribution in [0.1, 0.15) is 30.6 Å². The SMILES string of the molecule is CC1=NN(C(=O)c2ccc(Cl)cc2)C(C)(O)C1. The number of nitrogens with zero attached hydrogens (tertiary/aromatic N) is 2. The molecule has 1 aliphatic rings. The lowest BCUT2D eigenvalue weighted by molar-refractivity contribution is -0.0553. The number of carbonyl (C=O) groups is 1. The second kappa shape index (κ2) is 4.13. The highest BCUT2D eigenvalue weighted by Gasteiger charge is 2.39. The van der Waals surface area contributed by atoms with Crippen LogP contribution >= 0.6 is 11.6 Å². The van der Waals surface area contributed by atoms with E-state index in [1.54, 1.807) is 38.1 Å². The first kappa shape index (κ1) is 12.1. The van der Waals surface area contributed by atoms with Gasteiger partial charge in [-0.05, 0) is 38.1 Å². The van der Waals surface area contributed by atoms with Gasteiger partial charge in [0.1, 0.15) is 0 Å². The van der Waals surface area contributed by atoms with Crippen molar-refractivity contribution in [2.24, 2.45) is 5.10 Å². The third-order valence-electron chi connectivity index (χ3n) is 2.60. The van der Waals surface area contributed by atoms with Gasteiger partial charge >= 0.3 is 0 Å². The van der Waals surface area contributed by atoms with E-state index in [0.717, 1.165) is 10.7 Å². The second-order valence-corrected chi connectivity index (χ2v) is 4.79. The molecule has 0 bridgehead atoms. The molecule has 1 amide bonds. The molecule has 1 aromatic rings. The standard InChI is InChI=1S/C12H13ClN2O2/c1-8-7-12(2,17)15(14-8)11(16)9-3-5-10(13)6-4-9/h3-6,17H,7H2,1-2H3. The molecule has 1 N–H and O–H groups in total. The number of hydrazone groups is 1. The first-order valence-corrected chi connectivity index (χ1v) is 5.64. The van der Waals surface area contributed by atoms with Crippen molar-refractivity contribution in [1.82, 2.24) is 5.01 Å². The van der Waals surface area contributed by atoms with Gasteiger partial charge in [-0.3, -0.25) is 4.79 Å². The Kier molecular flexibility index (Phi) is 2.93. The molecule has 2 rings (SSSR count). The smallest absolute Gasteiger partial charge is 0.276 e. The Morgan fingerprint density at radius 3 is 2.53 bits per heavy atom. The highest BCUT2D eigenvalue weighted by molar-refractivity contribution is 6.30. The molecule has 0 aromatic heterocycles. The molecule has 0 fully saturated rings. The fourth-order valence-electron chi connectivity index (χ4n) is 1.85. The molecule has 1 atom stereocenters. The number of benzene rings is 1. The fourth-order valence-corrected chi connectivity index (χ4v) is 1.98. The lowest BCUT2D eigenvalue weighted by atomic mass is 10.1. The maximum absolute atomic E-state index is 12.1. The molecule has 1 aliphatic heterocycles. The Morgan fingerprint density at radius 1 is 1.47 bits per heavy atom. The van der Waals surface area contributed by atoms with Gasteiger partial charge in [0.25, 0.3) is 5.91 Å². The highest BCUT2D eigenvalue weighted by atomic mass is 35.5. The Labute approximate surface area is 104 Å². The van der Waals surface area contributed by atoms with Crippen LogP contribution in [0.5, 0.6) is 0 Å². The number of hydrogen-bond acceptors (Lipinski definition) is 3. The number of hydrogen-bond donors (Lipinski definition) is 1. The van der Waals surface area contributed by atoms with Gasteiger partial charge in [0, 0.05) is 22.7 Å². The van der Waals surface area contributed by atoms with E-state index in [1.807, 2.05) is 0 Å². The van der Waals surface area contributed by atoms with Gasteiger partial charge in [0.05, 0.1) is 0 Å². The average Bonchev–Trinajstić information content (AvgIpc) is 2.52. The predicted octanol–water partition coefficient (Wildman–Crippen LogP) is 2.27. The Bertz CT molecular complexity index is 480. The van der Waals surface area contributed by atoms with E-state index in [4.69, 9.17) is 11.6 Å². The summed E-state index contributed by atoms with van der Waals surface area (Å²) >= 11 is 5.75. The highest BCUT2D eigenvalue weighted by Crippen LogP contribution is 2.26. The molecular weight excluding hydrogens is 240 g/mol.